The summed E-state index contributed by atoms with van der Waals surface area (Å²) in [5, 5.41) is 20.4. The molecule has 0 radical (unpaired) electrons. The van der Waals surface area contributed by atoms with Gasteiger partial charge in [0.15, 0.2) is 11.5 Å². The molecule has 1 aliphatic carbocycles. The summed E-state index contributed by atoms with van der Waals surface area (Å²) in [6, 6.07) is 6.45. The number of anilines is 1. The lowest BCUT2D eigenvalue weighted by atomic mass is 9.96. The number of nitrogens with zero attached hydrogens (tertiary/aromatic N) is 5. The van der Waals surface area contributed by atoms with E-state index in [1.54, 1.807) is 31.6 Å². The number of allylic oxidation sites excluding steroid dienone is 5. The second-order valence-corrected chi connectivity index (χ2v) is 8.64. The highest BCUT2D eigenvalue weighted by atomic mass is 19.1. The third-order valence-corrected chi connectivity index (χ3v) is 6.27. The first-order valence-electron chi connectivity index (χ1n) is 11.4. The number of nitrogens with two attached hydrogens (primary N) is 1. The van der Waals surface area contributed by atoms with Gasteiger partial charge in [0.25, 0.3) is 0 Å². The van der Waals surface area contributed by atoms with Gasteiger partial charge >= 0.3 is 0 Å². The fraction of sp³-hybridized carbons (Fsp3) is 0.231. The summed E-state index contributed by atoms with van der Waals surface area (Å²) in [4.78, 5) is 11.7. The third kappa shape index (κ3) is 4.09. The fourth-order valence-corrected chi connectivity index (χ4v) is 4.60. The molecule has 3 aromatic rings. The lowest BCUT2D eigenvalue weighted by Crippen LogP contribution is -2.43. The van der Waals surface area contributed by atoms with Gasteiger partial charge in [0.2, 0.25) is 0 Å². The highest BCUT2D eigenvalue weighted by Crippen LogP contribution is 2.35. The van der Waals surface area contributed by atoms with Crippen molar-refractivity contribution in [2.45, 2.75) is 18.9 Å². The molecule has 1 saturated heterocycles. The van der Waals surface area contributed by atoms with Crippen molar-refractivity contribution in [1.82, 2.24) is 19.7 Å². The van der Waals surface area contributed by atoms with Crippen molar-refractivity contribution >= 4 is 22.7 Å². The van der Waals surface area contributed by atoms with E-state index in [2.05, 4.69) is 15.2 Å². The molecule has 0 spiro atoms. The van der Waals surface area contributed by atoms with Crippen LogP contribution in [0.3, 0.4) is 0 Å². The number of imidazole rings is 1. The first kappa shape index (κ1) is 22.5. The van der Waals surface area contributed by atoms with Gasteiger partial charge in [0.1, 0.15) is 11.9 Å². The second kappa shape index (κ2) is 9.16. The molecule has 2 aromatic heterocycles. The van der Waals surface area contributed by atoms with Crippen LogP contribution in [0.2, 0.25) is 0 Å². The molecular formula is C26H25FN8. The van der Waals surface area contributed by atoms with Gasteiger partial charge in [0.05, 0.1) is 22.7 Å². The number of piperidine rings is 1. The number of hydrogen-bond acceptors (Lipinski definition) is 7. The van der Waals surface area contributed by atoms with Gasteiger partial charge in [-0.1, -0.05) is 12.1 Å². The topological polar surface area (TPSA) is 119 Å². The maximum absolute atomic E-state index is 14.6. The van der Waals surface area contributed by atoms with Crippen molar-refractivity contribution in [2.24, 2.45) is 5.73 Å². The maximum Gasteiger partial charge on any atom is 0.181 e. The summed E-state index contributed by atoms with van der Waals surface area (Å²) in [5.74, 6) is 0.127. The lowest BCUT2D eigenvalue weighted by molar-refractivity contribution is 0.503. The van der Waals surface area contributed by atoms with Crippen LogP contribution >= 0.6 is 0 Å². The molecule has 1 aliphatic heterocycles. The summed E-state index contributed by atoms with van der Waals surface area (Å²) in [5.41, 5.74) is 10.6. The number of aromatic nitrogens is 3. The molecule has 1 unspecified atom stereocenters. The lowest BCUT2D eigenvalue weighted by Gasteiger charge is -2.31. The molecule has 3 heterocycles. The third-order valence-electron chi connectivity index (χ3n) is 6.27. The van der Waals surface area contributed by atoms with Gasteiger partial charge in [-0.15, -0.1) is 0 Å². The van der Waals surface area contributed by atoms with Crippen LogP contribution in [-0.2, 0) is 0 Å². The number of fused-ring (bicyclic) bond motifs is 1. The number of nitriles is 1. The molecule has 1 atom stereocenters. The smallest absolute Gasteiger partial charge is 0.181 e. The molecule has 176 valence electrons. The SMILES string of the molecule is CN/C=C1/C=C(c2c(-c3ccc(C#N)c(F)c3)nc3c(N4CCCC(N)C4)nccn23)C=CC1=N. The molecule has 0 amide bonds. The van der Waals surface area contributed by atoms with E-state index in [9.17, 15) is 9.65 Å². The summed E-state index contributed by atoms with van der Waals surface area (Å²) in [6.45, 7) is 1.52. The van der Waals surface area contributed by atoms with Gasteiger partial charge in [-0.25, -0.2) is 14.4 Å². The molecule has 35 heavy (non-hydrogen) atoms. The van der Waals surface area contributed by atoms with E-state index >= 15 is 0 Å². The first-order chi connectivity index (χ1) is 17.0. The van der Waals surface area contributed by atoms with Crippen molar-refractivity contribution in [3.63, 3.8) is 0 Å². The van der Waals surface area contributed by atoms with Gasteiger partial charge in [-0.05, 0) is 37.1 Å². The standard InChI is InChI=1S/C26H25FN8/c1-31-14-19-11-17(6-7-22(19)30)24-23(16-4-5-18(13-28)21(27)12-16)33-26-25(32-8-10-35(24)26)34-9-2-3-20(29)15-34/h4-8,10-12,14,20,30-31H,2-3,9,15,29H2,1H3/b19-14-,30-22?. The van der Waals surface area contributed by atoms with Crippen LogP contribution in [0.15, 0.2) is 60.6 Å². The highest BCUT2D eigenvalue weighted by Gasteiger charge is 2.25. The quantitative estimate of drug-likeness (QED) is 0.540. The summed E-state index contributed by atoms with van der Waals surface area (Å²) in [6.07, 6.45) is 12.8. The van der Waals surface area contributed by atoms with E-state index in [1.165, 1.54) is 12.1 Å². The largest absolute Gasteiger partial charge is 0.393 e. The molecule has 1 fully saturated rings. The van der Waals surface area contributed by atoms with Crippen molar-refractivity contribution in [3.8, 4) is 17.3 Å². The molecule has 4 N–H and O–H groups in total. The average Bonchev–Trinajstić information content (AvgIpc) is 3.25. The molecule has 1 aromatic carbocycles. The Labute approximate surface area is 202 Å². The normalized spacial score (nSPS) is 19.2. The van der Waals surface area contributed by atoms with Crippen LogP contribution < -0.4 is 16.0 Å². The van der Waals surface area contributed by atoms with Crippen LogP contribution in [0, 0.1) is 22.6 Å². The van der Waals surface area contributed by atoms with Crippen LogP contribution in [0.5, 0.6) is 0 Å². The number of halogens is 1. The van der Waals surface area contributed by atoms with E-state index in [1.807, 2.05) is 28.8 Å². The Bertz CT molecular complexity index is 1460. The Morgan fingerprint density at radius 1 is 1.34 bits per heavy atom. The molecule has 5 rings (SSSR count). The van der Waals surface area contributed by atoms with Gasteiger partial charge < -0.3 is 21.4 Å². The summed E-state index contributed by atoms with van der Waals surface area (Å²) >= 11 is 0. The predicted molar refractivity (Wildman–Crippen MR) is 135 cm³/mol. The van der Waals surface area contributed by atoms with E-state index in [0.717, 1.165) is 36.5 Å². The zero-order chi connectivity index (χ0) is 24.5. The zero-order valence-corrected chi connectivity index (χ0v) is 19.3. The summed E-state index contributed by atoms with van der Waals surface area (Å²) < 4.78 is 16.6. The number of nitrogens with one attached hydrogen (secondary N) is 2. The van der Waals surface area contributed by atoms with E-state index < -0.39 is 5.82 Å². The Kier molecular flexibility index (Phi) is 5.89. The van der Waals surface area contributed by atoms with Crippen LogP contribution in [0.4, 0.5) is 10.2 Å². The number of hydrogen-bond donors (Lipinski definition) is 3. The Hall–Kier alpha value is -4.29. The zero-order valence-electron chi connectivity index (χ0n) is 19.3. The number of benzene rings is 1. The van der Waals surface area contributed by atoms with E-state index in [-0.39, 0.29) is 11.6 Å². The van der Waals surface area contributed by atoms with Crippen molar-refractivity contribution in [1.29, 1.82) is 10.7 Å². The van der Waals surface area contributed by atoms with Gasteiger partial charge in [-0.3, -0.25) is 4.40 Å². The highest BCUT2D eigenvalue weighted by molar-refractivity contribution is 6.13. The molecular weight excluding hydrogens is 443 g/mol. The molecule has 9 heteroatoms. The van der Waals surface area contributed by atoms with Crippen molar-refractivity contribution in [3.05, 3.63) is 77.7 Å². The number of rotatable bonds is 4. The van der Waals surface area contributed by atoms with Crippen LogP contribution in [0.25, 0.3) is 22.5 Å². The fourth-order valence-electron chi connectivity index (χ4n) is 4.60. The minimum absolute atomic E-state index is 0.0202. The van der Waals surface area contributed by atoms with Crippen molar-refractivity contribution < 1.29 is 4.39 Å². The minimum atomic E-state index is -0.598. The summed E-state index contributed by atoms with van der Waals surface area (Å²) in [7, 11) is 1.78. The molecule has 8 nitrogen and oxygen atoms in total. The molecule has 2 aliphatic rings. The van der Waals surface area contributed by atoms with Crippen molar-refractivity contribution in [2.75, 3.05) is 25.0 Å². The Balaban J connectivity index is 1.76. The maximum atomic E-state index is 14.6. The van der Waals surface area contributed by atoms with Crippen LogP contribution in [-0.4, -0.2) is 46.3 Å². The Morgan fingerprint density at radius 3 is 2.94 bits per heavy atom. The molecule has 0 bridgehead atoms. The average molecular weight is 469 g/mol. The molecule has 0 saturated carbocycles. The first-order valence-corrected chi connectivity index (χ1v) is 11.4. The minimum Gasteiger partial charge on any atom is -0.393 e. The van der Waals surface area contributed by atoms with Gasteiger partial charge in [-0.2, -0.15) is 5.26 Å². The van der Waals surface area contributed by atoms with E-state index in [0.29, 0.717) is 34.7 Å². The predicted octanol–water partition coefficient (Wildman–Crippen LogP) is 3.41. The van der Waals surface area contributed by atoms with E-state index in [4.69, 9.17) is 16.1 Å². The van der Waals surface area contributed by atoms with Crippen LogP contribution in [0.1, 0.15) is 24.1 Å². The monoisotopic (exact) mass is 468 g/mol. The Morgan fingerprint density at radius 2 is 2.20 bits per heavy atom. The van der Waals surface area contributed by atoms with Gasteiger partial charge in [0, 0.05) is 61.5 Å². The second-order valence-electron chi connectivity index (χ2n) is 8.64.